The molecular formula is C16H18N4O. The molecule has 0 fully saturated rings. The summed E-state index contributed by atoms with van der Waals surface area (Å²) in [6.07, 6.45) is 4.77. The first kappa shape index (κ1) is 16.2. The third kappa shape index (κ3) is 4.35. The maximum absolute atomic E-state index is 10.3. The summed E-state index contributed by atoms with van der Waals surface area (Å²) in [5, 5.41) is 5.82. The van der Waals surface area contributed by atoms with Crippen molar-refractivity contribution >= 4 is 29.5 Å². The van der Waals surface area contributed by atoms with Crippen LogP contribution in [0.3, 0.4) is 0 Å². The molecule has 0 radical (unpaired) electrons. The van der Waals surface area contributed by atoms with Crippen molar-refractivity contribution in [3.63, 3.8) is 0 Å². The van der Waals surface area contributed by atoms with E-state index in [1.165, 1.54) is 6.20 Å². The molecule has 2 rings (SSSR count). The van der Waals surface area contributed by atoms with E-state index in [1.807, 2.05) is 26.0 Å². The van der Waals surface area contributed by atoms with Gasteiger partial charge in [-0.15, -0.1) is 4.91 Å². The fourth-order valence-corrected chi connectivity index (χ4v) is 1.54. The van der Waals surface area contributed by atoms with Gasteiger partial charge in [0.15, 0.2) is 0 Å². The highest BCUT2D eigenvalue weighted by Crippen LogP contribution is 2.18. The topological polar surface area (TPSA) is 67.2 Å². The fourth-order valence-electron chi connectivity index (χ4n) is 1.54. The molecule has 0 bridgehead atoms. The Kier molecular flexibility index (Phi) is 6.47. The molecule has 2 aromatic heterocycles. The maximum Gasteiger partial charge on any atom is 0.132 e. The zero-order valence-corrected chi connectivity index (χ0v) is 12.2. The van der Waals surface area contributed by atoms with Gasteiger partial charge in [-0.2, -0.15) is 0 Å². The number of hydrogen-bond donors (Lipinski definition) is 1. The van der Waals surface area contributed by atoms with Gasteiger partial charge in [-0.25, -0.2) is 9.97 Å². The number of aromatic nitrogens is 2. The monoisotopic (exact) mass is 282 g/mol. The van der Waals surface area contributed by atoms with Crippen LogP contribution in [-0.4, -0.2) is 9.97 Å². The second-order valence-corrected chi connectivity index (χ2v) is 3.70. The number of nitrogens with one attached hydrogen (secondary N) is 1. The van der Waals surface area contributed by atoms with E-state index in [0.717, 1.165) is 11.3 Å². The van der Waals surface area contributed by atoms with Crippen LogP contribution in [0.5, 0.6) is 0 Å². The van der Waals surface area contributed by atoms with E-state index >= 15 is 0 Å². The number of nitroso groups, excluding NO2 is 1. The first-order valence-electron chi connectivity index (χ1n) is 6.59. The van der Waals surface area contributed by atoms with Gasteiger partial charge in [0.2, 0.25) is 0 Å². The summed E-state index contributed by atoms with van der Waals surface area (Å²) in [6.45, 7) is 11.4. The molecule has 0 aromatic carbocycles. The second-order valence-electron chi connectivity index (χ2n) is 3.70. The quantitative estimate of drug-likeness (QED) is 0.789. The van der Waals surface area contributed by atoms with Crippen LogP contribution in [0.1, 0.15) is 25.1 Å². The van der Waals surface area contributed by atoms with E-state index in [-0.39, 0.29) is 5.69 Å². The molecule has 0 spiro atoms. The van der Waals surface area contributed by atoms with Gasteiger partial charge in [0, 0.05) is 0 Å². The normalized spacial score (nSPS) is 9.05. The average Bonchev–Trinajstić information content (AvgIpc) is 2.57. The van der Waals surface area contributed by atoms with Gasteiger partial charge in [-0.05, 0) is 41.1 Å². The van der Waals surface area contributed by atoms with Crippen LogP contribution in [-0.2, 0) is 0 Å². The Labute approximate surface area is 124 Å². The van der Waals surface area contributed by atoms with Gasteiger partial charge in [0.1, 0.15) is 17.3 Å². The van der Waals surface area contributed by atoms with Crippen molar-refractivity contribution in [1.82, 2.24) is 9.97 Å². The summed E-state index contributed by atoms with van der Waals surface area (Å²) in [4.78, 5) is 18.7. The summed E-state index contributed by atoms with van der Waals surface area (Å²) in [5.41, 5.74) is 1.94. The molecule has 2 aromatic rings. The second kappa shape index (κ2) is 8.37. The first-order chi connectivity index (χ1) is 10.3. The minimum Gasteiger partial charge on any atom is -0.325 e. The SMILES string of the molecule is C=Cc1ccc(Nc2ccc(N=O)cn2)nc1C=C.CC. The van der Waals surface area contributed by atoms with Crippen LogP contribution in [0.25, 0.3) is 12.2 Å². The average molecular weight is 282 g/mol. The molecule has 0 atom stereocenters. The van der Waals surface area contributed by atoms with Crippen molar-refractivity contribution in [2.24, 2.45) is 5.18 Å². The van der Waals surface area contributed by atoms with Crippen molar-refractivity contribution in [3.8, 4) is 0 Å². The lowest BCUT2D eigenvalue weighted by atomic mass is 10.2. The predicted octanol–water partition coefficient (Wildman–Crippen LogP) is 4.93. The molecule has 1 N–H and O–H groups in total. The molecule has 0 aliphatic rings. The van der Waals surface area contributed by atoms with Crippen LogP contribution >= 0.6 is 0 Å². The lowest BCUT2D eigenvalue weighted by molar-refractivity contribution is 1.23. The largest absolute Gasteiger partial charge is 0.325 e. The van der Waals surface area contributed by atoms with Gasteiger partial charge >= 0.3 is 0 Å². The van der Waals surface area contributed by atoms with Gasteiger partial charge in [-0.3, -0.25) is 0 Å². The molecule has 0 saturated carbocycles. The summed E-state index contributed by atoms with van der Waals surface area (Å²) in [6, 6.07) is 6.94. The summed E-state index contributed by atoms with van der Waals surface area (Å²) in [5.74, 6) is 1.22. The van der Waals surface area contributed by atoms with Crippen LogP contribution in [0.2, 0.25) is 0 Å². The molecule has 108 valence electrons. The Balaban J connectivity index is 0.00000106. The van der Waals surface area contributed by atoms with Crippen molar-refractivity contribution in [2.75, 3.05) is 5.32 Å². The molecular weight excluding hydrogens is 264 g/mol. The Morgan fingerprint density at radius 3 is 2.33 bits per heavy atom. The Hall–Kier alpha value is -2.82. The van der Waals surface area contributed by atoms with Crippen LogP contribution in [0.15, 0.2) is 48.8 Å². The molecule has 0 aliphatic carbocycles. The minimum absolute atomic E-state index is 0.285. The van der Waals surface area contributed by atoms with Crippen LogP contribution in [0, 0.1) is 4.91 Å². The highest BCUT2D eigenvalue weighted by atomic mass is 16.3. The molecule has 2 heterocycles. The summed E-state index contributed by atoms with van der Waals surface area (Å²) in [7, 11) is 0. The molecule has 5 heteroatoms. The van der Waals surface area contributed by atoms with E-state index in [9.17, 15) is 4.91 Å². The first-order valence-corrected chi connectivity index (χ1v) is 6.59. The van der Waals surface area contributed by atoms with E-state index in [0.29, 0.717) is 11.6 Å². The number of rotatable bonds is 5. The van der Waals surface area contributed by atoms with Crippen molar-refractivity contribution in [3.05, 3.63) is 59.8 Å². The number of hydrogen-bond acceptors (Lipinski definition) is 5. The standard InChI is InChI=1S/C14H12N4O.C2H6/c1-3-10-5-7-14(16-12(10)4-2)17-13-8-6-11(18-19)9-15-13;1-2/h3-9H,1-2H2,(H,15,16,17);1-2H3. The van der Waals surface area contributed by atoms with E-state index in [2.05, 4.69) is 33.6 Å². The minimum atomic E-state index is 0.285. The Morgan fingerprint density at radius 1 is 1.10 bits per heavy atom. The molecule has 0 saturated heterocycles. The zero-order valence-electron chi connectivity index (χ0n) is 12.2. The third-order valence-corrected chi connectivity index (χ3v) is 2.48. The maximum atomic E-state index is 10.3. The fraction of sp³-hybridized carbons (Fsp3) is 0.125. The highest BCUT2D eigenvalue weighted by Gasteiger charge is 2.02. The van der Waals surface area contributed by atoms with Gasteiger partial charge in [-0.1, -0.05) is 33.1 Å². The van der Waals surface area contributed by atoms with Gasteiger partial charge in [0.25, 0.3) is 0 Å². The van der Waals surface area contributed by atoms with E-state index < -0.39 is 0 Å². The molecule has 5 nitrogen and oxygen atoms in total. The number of pyridine rings is 2. The molecule has 0 aliphatic heterocycles. The predicted molar refractivity (Wildman–Crippen MR) is 88.7 cm³/mol. The molecule has 0 amide bonds. The van der Waals surface area contributed by atoms with E-state index in [4.69, 9.17) is 0 Å². The van der Waals surface area contributed by atoms with Crippen molar-refractivity contribution in [2.45, 2.75) is 13.8 Å². The summed E-state index contributed by atoms with van der Waals surface area (Å²) >= 11 is 0. The Morgan fingerprint density at radius 2 is 1.81 bits per heavy atom. The Bertz CT molecular complexity index is 621. The van der Waals surface area contributed by atoms with Gasteiger partial charge < -0.3 is 5.32 Å². The summed E-state index contributed by atoms with van der Waals surface area (Å²) < 4.78 is 0. The number of nitrogens with zero attached hydrogens (tertiary/aromatic N) is 3. The van der Waals surface area contributed by atoms with Crippen LogP contribution in [0.4, 0.5) is 17.3 Å². The lowest BCUT2D eigenvalue weighted by Gasteiger charge is -2.07. The van der Waals surface area contributed by atoms with Crippen molar-refractivity contribution in [1.29, 1.82) is 0 Å². The smallest absolute Gasteiger partial charge is 0.132 e. The van der Waals surface area contributed by atoms with Gasteiger partial charge in [0.05, 0.1) is 11.9 Å². The highest BCUT2D eigenvalue weighted by molar-refractivity contribution is 5.64. The molecule has 0 unspecified atom stereocenters. The lowest BCUT2D eigenvalue weighted by Crippen LogP contribution is -1.97. The number of anilines is 2. The molecule has 21 heavy (non-hydrogen) atoms. The van der Waals surface area contributed by atoms with Crippen molar-refractivity contribution < 1.29 is 0 Å². The third-order valence-electron chi connectivity index (χ3n) is 2.48. The zero-order chi connectivity index (χ0) is 15.7. The van der Waals surface area contributed by atoms with Crippen LogP contribution < -0.4 is 5.32 Å². The van der Waals surface area contributed by atoms with E-state index in [1.54, 1.807) is 24.3 Å².